The van der Waals surface area contributed by atoms with Crippen molar-refractivity contribution in [1.29, 1.82) is 0 Å². The Morgan fingerprint density at radius 2 is 1.62 bits per heavy atom. The number of fused-ring (bicyclic) bond motifs is 2. The van der Waals surface area contributed by atoms with Crippen LogP contribution in [0.5, 0.6) is 11.5 Å². The predicted octanol–water partition coefficient (Wildman–Crippen LogP) is 3.76. The Kier molecular flexibility index (Phi) is 5.95. The second-order valence-electron chi connectivity index (χ2n) is 9.76. The Morgan fingerprint density at radius 1 is 0.912 bits per heavy atom. The van der Waals surface area contributed by atoms with Gasteiger partial charge in [0, 0.05) is 17.0 Å². The molecule has 1 aliphatic carbocycles. The van der Waals surface area contributed by atoms with Gasteiger partial charge in [0.15, 0.2) is 17.3 Å². The van der Waals surface area contributed by atoms with Crippen LogP contribution in [0.2, 0.25) is 0 Å². The van der Waals surface area contributed by atoms with Crippen molar-refractivity contribution >= 4 is 10.9 Å². The van der Waals surface area contributed by atoms with E-state index in [4.69, 9.17) is 9.47 Å². The van der Waals surface area contributed by atoms with Crippen molar-refractivity contribution in [3.8, 4) is 11.5 Å². The van der Waals surface area contributed by atoms with E-state index in [0.717, 1.165) is 61.2 Å². The molecule has 9 nitrogen and oxygen atoms in total. The molecule has 1 saturated carbocycles. The molecule has 34 heavy (non-hydrogen) atoms. The van der Waals surface area contributed by atoms with E-state index in [2.05, 4.69) is 25.4 Å². The fraction of sp³-hybridized carbons (Fsp3) is 0.600. The van der Waals surface area contributed by atoms with Crippen LogP contribution in [-0.2, 0) is 0 Å². The molecule has 2 fully saturated rings. The molecule has 0 radical (unpaired) electrons. The van der Waals surface area contributed by atoms with Gasteiger partial charge in [0.25, 0.3) is 5.56 Å². The average Bonchev–Trinajstić information content (AvgIpc) is 3.19. The summed E-state index contributed by atoms with van der Waals surface area (Å²) in [4.78, 5) is 19.0. The second-order valence-corrected chi connectivity index (χ2v) is 9.76. The summed E-state index contributed by atoms with van der Waals surface area (Å²) in [5.74, 6) is 2.18. The number of nitrogens with one attached hydrogen (secondary N) is 1. The van der Waals surface area contributed by atoms with Gasteiger partial charge in [-0.2, -0.15) is 0 Å². The first-order chi connectivity index (χ1) is 16.8. The first-order valence-corrected chi connectivity index (χ1v) is 12.8. The lowest BCUT2D eigenvalue weighted by Crippen LogP contribution is -2.36. The third-order valence-electron chi connectivity index (χ3n) is 7.52. The maximum absolute atomic E-state index is 13.5. The van der Waals surface area contributed by atoms with Gasteiger partial charge in [0.1, 0.15) is 19.3 Å². The van der Waals surface area contributed by atoms with Crippen molar-refractivity contribution in [3.63, 3.8) is 0 Å². The molecule has 180 valence electrons. The van der Waals surface area contributed by atoms with Gasteiger partial charge in [-0.15, -0.1) is 5.10 Å². The zero-order valence-corrected chi connectivity index (χ0v) is 19.5. The molecule has 1 aromatic carbocycles. The molecule has 4 heterocycles. The second kappa shape index (κ2) is 9.37. The van der Waals surface area contributed by atoms with Crippen LogP contribution in [0.4, 0.5) is 0 Å². The molecule has 3 aliphatic rings. The quantitative estimate of drug-likeness (QED) is 0.628. The summed E-state index contributed by atoms with van der Waals surface area (Å²) >= 11 is 0. The number of aromatic nitrogens is 5. The van der Waals surface area contributed by atoms with Crippen LogP contribution in [0, 0.1) is 0 Å². The first kappa shape index (κ1) is 21.6. The molecule has 0 spiro atoms. The highest BCUT2D eigenvalue weighted by molar-refractivity contribution is 5.83. The summed E-state index contributed by atoms with van der Waals surface area (Å²) in [6, 6.07) is 5.85. The normalized spacial score (nSPS) is 20.8. The molecule has 1 saturated heterocycles. The summed E-state index contributed by atoms with van der Waals surface area (Å²) in [5, 5.41) is 14.0. The molecule has 1 atom stereocenters. The van der Waals surface area contributed by atoms with E-state index in [1.807, 2.05) is 22.9 Å². The number of benzene rings is 1. The number of ether oxygens (including phenoxy) is 2. The number of tetrazole rings is 1. The summed E-state index contributed by atoms with van der Waals surface area (Å²) in [6.45, 7) is 2.91. The molecular formula is C25H32N6O3. The van der Waals surface area contributed by atoms with Gasteiger partial charge >= 0.3 is 0 Å². The topological polar surface area (TPSA) is 98.2 Å². The SMILES string of the molecule is O=c1[nH]c2cc3c(cc2cc1[C@H](c1nnnn1C1CCCCC1)N1CCCCCC1)OCCO3. The van der Waals surface area contributed by atoms with Crippen molar-refractivity contribution in [1.82, 2.24) is 30.1 Å². The molecule has 9 heteroatoms. The maximum Gasteiger partial charge on any atom is 0.253 e. The monoisotopic (exact) mass is 464 g/mol. The fourth-order valence-electron chi connectivity index (χ4n) is 5.78. The lowest BCUT2D eigenvalue weighted by molar-refractivity contribution is 0.172. The molecule has 0 bridgehead atoms. The Morgan fingerprint density at radius 3 is 2.38 bits per heavy atom. The zero-order valence-electron chi connectivity index (χ0n) is 19.5. The van der Waals surface area contributed by atoms with E-state index >= 15 is 0 Å². The zero-order chi connectivity index (χ0) is 22.9. The van der Waals surface area contributed by atoms with Gasteiger partial charge in [-0.25, -0.2) is 4.68 Å². The maximum atomic E-state index is 13.5. The summed E-state index contributed by atoms with van der Waals surface area (Å²) in [6.07, 6.45) is 10.5. The Bertz CT molecular complexity index is 1210. The van der Waals surface area contributed by atoms with E-state index in [9.17, 15) is 4.79 Å². The number of hydrogen-bond donors (Lipinski definition) is 1. The Labute approximate surface area is 198 Å². The Balaban J connectivity index is 1.47. The van der Waals surface area contributed by atoms with Crippen molar-refractivity contribution in [2.75, 3.05) is 26.3 Å². The van der Waals surface area contributed by atoms with Gasteiger partial charge in [-0.05, 0) is 61.3 Å². The van der Waals surface area contributed by atoms with Gasteiger partial charge in [-0.1, -0.05) is 32.1 Å². The molecule has 1 N–H and O–H groups in total. The predicted molar refractivity (Wildman–Crippen MR) is 127 cm³/mol. The molecular weight excluding hydrogens is 432 g/mol. The van der Waals surface area contributed by atoms with Crippen LogP contribution in [0.3, 0.4) is 0 Å². The van der Waals surface area contributed by atoms with Crippen LogP contribution >= 0.6 is 0 Å². The average molecular weight is 465 g/mol. The molecule has 6 rings (SSSR count). The molecule has 0 unspecified atom stereocenters. The third kappa shape index (κ3) is 4.06. The van der Waals surface area contributed by atoms with E-state index < -0.39 is 0 Å². The van der Waals surface area contributed by atoms with E-state index in [1.165, 1.54) is 32.1 Å². The van der Waals surface area contributed by atoms with Crippen LogP contribution in [0.15, 0.2) is 23.0 Å². The minimum Gasteiger partial charge on any atom is -0.486 e. The Hall–Kier alpha value is -2.94. The van der Waals surface area contributed by atoms with Crippen molar-refractivity contribution in [2.24, 2.45) is 0 Å². The highest BCUT2D eigenvalue weighted by atomic mass is 16.6. The van der Waals surface area contributed by atoms with E-state index in [-0.39, 0.29) is 11.6 Å². The highest BCUT2D eigenvalue weighted by Crippen LogP contribution is 2.36. The van der Waals surface area contributed by atoms with Crippen molar-refractivity contribution in [3.05, 3.63) is 39.9 Å². The van der Waals surface area contributed by atoms with Gasteiger partial charge < -0.3 is 14.5 Å². The summed E-state index contributed by atoms with van der Waals surface area (Å²) < 4.78 is 13.5. The minimum absolute atomic E-state index is 0.100. The molecule has 0 amide bonds. The third-order valence-corrected chi connectivity index (χ3v) is 7.52. The van der Waals surface area contributed by atoms with Gasteiger partial charge in [-0.3, -0.25) is 9.69 Å². The molecule has 2 aromatic heterocycles. The number of likely N-dealkylation sites (tertiary alicyclic amines) is 1. The van der Waals surface area contributed by atoms with Crippen LogP contribution in [0.1, 0.15) is 81.3 Å². The van der Waals surface area contributed by atoms with Crippen LogP contribution in [0.25, 0.3) is 10.9 Å². The standard InChI is InChI=1S/C25H32N6O3/c32-25-19(14-17-15-21-22(16-20(17)26-25)34-13-12-33-21)23(30-10-6-1-2-7-11-30)24-27-28-29-31(24)18-8-4-3-5-9-18/h14-16,18,23H,1-13H2,(H,26,32)/t23-/m1/s1. The van der Waals surface area contributed by atoms with Gasteiger partial charge in [0.2, 0.25) is 0 Å². The van der Waals surface area contributed by atoms with Crippen molar-refractivity contribution in [2.45, 2.75) is 69.9 Å². The van der Waals surface area contributed by atoms with E-state index in [1.54, 1.807) is 0 Å². The van der Waals surface area contributed by atoms with Crippen LogP contribution in [-0.4, -0.2) is 56.4 Å². The summed E-state index contributed by atoms with van der Waals surface area (Å²) in [7, 11) is 0. The first-order valence-electron chi connectivity index (χ1n) is 12.8. The molecule has 3 aromatic rings. The number of H-pyrrole nitrogens is 1. The van der Waals surface area contributed by atoms with Crippen LogP contribution < -0.4 is 15.0 Å². The highest BCUT2D eigenvalue weighted by Gasteiger charge is 2.33. The van der Waals surface area contributed by atoms with Gasteiger partial charge in [0.05, 0.1) is 11.6 Å². The number of hydrogen-bond acceptors (Lipinski definition) is 7. The number of pyridine rings is 1. The van der Waals surface area contributed by atoms with E-state index in [0.29, 0.717) is 30.6 Å². The number of nitrogens with zero attached hydrogens (tertiary/aromatic N) is 5. The lowest BCUT2D eigenvalue weighted by Gasteiger charge is -2.31. The summed E-state index contributed by atoms with van der Waals surface area (Å²) in [5.41, 5.74) is 1.34. The van der Waals surface area contributed by atoms with Crippen molar-refractivity contribution < 1.29 is 9.47 Å². The largest absolute Gasteiger partial charge is 0.486 e. The lowest BCUT2D eigenvalue weighted by atomic mass is 9.95. The number of aromatic amines is 1. The number of rotatable bonds is 4. The smallest absolute Gasteiger partial charge is 0.253 e. The molecule has 2 aliphatic heterocycles. The minimum atomic E-state index is -0.281. The fourth-order valence-corrected chi connectivity index (χ4v) is 5.78.